The number of carbonyl (C=O) groups excluding carboxylic acids is 1. The number of hydrogen-bond donors (Lipinski definition) is 0. The van der Waals surface area contributed by atoms with Gasteiger partial charge in [-0.2, -0.15) is 5.10 Å². The van der Waals surface area contributed by atoms with Crippen molar-refractivity contribution in [3.05, 3.63) is 52.2 Å². The number of amidine groups is 1. The molecule has 1 aliphatic heterocycles. The van der Waals surface area contributed by atoms with Crippen LogP contribution in [0.15, 0.2) is 52.0 Å². The van der Waals surface area contributed by atoms with Gasteiger partial charge in [0.1, 0.15) is 5.75 Å². The predicted molar refractivity (Wildman–Crippen MR) is 99.9 cm³/mol. The smallest absolute Gasteiger partial charge is 0.242 e. The third-order valence-electron chi connectivity index (χ3n) is 3.50. The van der Waals surface area contributed by atoms with Crippen molar-refractivity contribution in [1.29, 1.82) is 0 Å². The van der Waals surface area contributed by atoms with Crippen LogP contribution in [0.2, 0.25) is 0 Å². The fraction of sp³-hybridized carbons (Fsp3) is 0.235. The fourth-order valence-electron chi connectivity index (χ4n) is 2.22. The van der Waals surface area contributed by atoms with Gasteiger partial charge < -0.3 is 4.74 Å². The van der Waals surface area contributed by atoms with Crippen molar-refractivity contribution in [3.63, 3.8) is 0 Å². The third-order valence-corrected chi connectivity index (χ3v) is 5.37. The quantitative estimate of drug-likeness (QED) is 0.605. The van der Waals surface area contributed by atoms with Gasteiger partial charge in [0.2, 0.25) is 5.91 Å². The van der Waals surface area contributed by atoms with Gasteiger partial charge in [0, 0.05) is 4.88 Å². The van der Waals surface area contributed by atoms with Crippen LogP contribution >= 0.6 is 23.1 Å². The maximum absolute atomic E-state index is 12.4. The first kappa shape index (κ1) is 16.7. The Hall–Kier alpha value is -2.12. The van der Waals surface area contributed by atoms with Crippen molar-refractivity contribution in [2.24, 2.45) is 10.2 Å². The standard InChI is InChI=1S/C17H17N3O2S2/c1-12-16(21)20(11-13-5-7-14(22-2)8-6-13)17(24-12)19-18-10-15-4-3-9-23-15/h3-10,12H,11H2,1-2H3/b18-10+,19-17-. The number of ether oxygens (including phenoxy) is 1. The minimum Gasteiger partial charge on any atom is -0.497 e. The normalized spacial score (nSPS) is 19.6. The second-order valence-corrected chi connectivity index (χ2v) is 7.46. The van der Waals surface area contributed by atoms with Crippen LogP contribution in [0, 0.1) is 0 Å². The highest BCUT2D eigenvalue weighted by molar-refractivity contribution is 8.15. The first-order valence-electron chi connectivity index (χ1n) is 7.43. The van der Waals surface area contributed by atoms with Crippen molar-refractivity contribution in [2.45, 2.75) is 18.7 Å². The van der Waals surface area contributed by atoms with E-state index >= 15 is 0 Å². The van der Waals surface area contributed by atoms with Crippen LogP contribution in [-0.2, 0) is 11.3 Å². The highest BCUT2D eigenvalue weighted by Gasteiger charge is 2.35. The molecule has 2 aromatic rings. The van der Waals surface area contributed by atoms with Crippen LogP contribution in [0.25, 0.3) is 0 Å². The monoisotopic (exact) mass is 359 g/mol. The lowest BCUT2D eigenvalue weighted by Gasteiger charge is -2.15. The van der Waals surface area contributed by atoms with E-state index in [9.17, 15) is 4.79 Å². The van der Waals surface area contributed by atoms with Crippen molar-refractivity contribution in [2.75, 3.05) is 7.11 Å². The van der Waals surface area contributed by atoms with Gasteiger partial charge >= 0.3 is 0 Å². The molecular formula is C17H17N3O2S2. The van der Waals surface area contributed by atoms with Crippen LogP contribution < -0.4 is 4.74 Å². The summed E-state index contributed by atoms with van der Waals surface area (Å²) in [7, 11) is 1.63. The van der Waals surface area contributed by atoms with Gasteiger partial charge in [0.05, 0.1) is 25.1 Å². The van der Waals surface area contributed by atoms with E-state index in [2.05, 4.69) is 10.2 Å². The summed E-state index contributed by atoms with van der Waals surface area (Å²) in [6.07, 6.45) is 1.71. The summed E-state index contributed by atoms with van der Waals surface area (Å²) in [5.74, 6) is 0.851. The van der Waals surface area contributed by atoms with Crippen molar-refractivity contribution < 1.29 is 9.53 Å². The van der Waals surface area contributed by atoms with E-state index in [1.165, 1.54) is 11.8 Å². The fourth-order valence-corrected chi connectivity index (χ4v) is 3.72. The molecule has 1 amide bonds. The summed E-state index contributed by atoms with van der Waals surface area (Å²) in [6.45, 7) is 2.37. The number of benzene rings is 1. The second kappa shape index (κ2) is 7.63. The van der Waals surface area contributed by atoms with E-state index in [-0.39, 0.29) is 11.2 Å². The zero-order valence-corrected chi connectivity index (χ0v) is 15.0. The minimum absolute atomic E-state index is 0.0564. The van der Waals surface area contributed by atoms with Gasteiger partial charge in [-0.05, 0) is 36.1 Å². The number of methoxy groups -OCH3 is 1. The average molecular weight is 359 g/mol. The largest absolute Gasteiger partial charge is 0.497 e. The van der Waals surface area contributed by atoms with Crippen molar-refractivity contribution >= 4 is 40.4 Å². The van der Waals surface area contributed by atoms with E-state index in [1.54, 1.807) is 29.6 Å². The Labute approximate surface area is 149 Å². The van der Waals surface area contributed by atoms with Crippen LogP contribution in [0.1, 0.15) is 17.4 Å². The second-order valence-electron chi connectivity index (χ2n) is 5.18. The number of nitrogens with zero attached hydrogens (tertiary/aromatic N) is 3. The average Bonchev–Trinajstić information content (AvgIpc) is 3.20. The molecule has 1 atom stereocenters. The molecule has 1 aliphatic rings. The summed E-state index contributed by atoms with van der Waals surface area (Å²) in [6, 6.07) is 11.6. The van der Waals surface area contributed by atoms with Gasteiger partial charge in [-0.3, -0.25) is 9.69 Å². The van der Waals surface area contributed by atoms with Gasteiger partial charge in [-0.1, -0.05) is 30.0 Å². The molecule has 0 aliphatic carbocycles. The first-order valence-corrected chi connectivity index (χ1v) is 9.19. The zero-order valence-electron chi connectivity index (χ0n) is 13.4. The van der Waals surface area contributed by atoms with Crippen LogP contribution in [0.5, 0.6) is 5.75 Å². The summed E-state index contributed by atoms with van der Waals surface area (Å²) in [5, 5.41) is 10.9. The number of amides is 1. The molecule has 7 heteroatoms. The highest BCUT2D eigenvalue weighted by atomic mass is 32.2. The van der Waals surface area contributed by atoms with Gasteiger partial charge in [0.15, 0.2) is 5.17 Å². The lowest BCUT2D eigenvalue weighted by atomic mass is 10.2. The molecule has 0 radical (unpaired) electrons. The SMILES string of the molecule is COc1ccc(CN2C(=O)C(C)S/C2=N\N=C\c2cccs2)cc1. The Bertz CT molecular complexity index is 755. The summed E-state index contributed by atoms with van der Waals surface area (Å²) < 4.78 is 5.16. The van der Waals surface area contributed by atoms with E-state index in [4.69, 9.17) is 4.74 Å². The van der Waals surface area contributed by atoms with Gasteiger partial charge in [-0.15, -0.1) is 16.4 Å². The molecule has 1 fully saturated rings. The molecule has 24 heavy (non-hydrogen) atoms. The molecule has 1 saturated heterocycles. The van der Waals surface area contributed by atoms with E-state index in [0.29, 0.717) is 11.7 Å². The molecule has 0 spiro atoms. The number of rotatable bonds is 5. The van der Waals surface area contributed by atoms with Crippen molar-refractivity contribution in [3.8, 4) is 5.75 Å². The number of thiophene rings is 1. The predicted octanol–water partition coefficient (Wildman–Crippen LogP) is 3.61. The Balaban J connectivity index is 1.75. The Morgan fingerprint density at radius 1 is 1.29 bits per heavy atom. The molecule has 1 unspecified atom stereocenters. The molecule has 124 valence electrons. The Kier molecular flexibility index (Phi) is 5.32. The maximum Gasteiger partial charge on any atom is 0.242 e. The molecule has 0 N–H and O–H groups in total. The van der Waals surface area contributed by atoms with Crippen molar-refractivity contribution in [1.82, 2.24) is 4.90 Å². The number of hydrogen-bond acceptors (Lipinski definition) is 6. The number of carbonyl (C=O) groups is 1. The molecule has 2 heterocycles. The highest BCUT2D eigenvalue weighted by Crippen LogP contribution is 2.28. The van der Waals surface area contributed by atoms with Crippen LogP contribution in [0.4, 0.5) is 0 Å². The molecule has 5 nitrogen and oxygen atoms in total. The first-order chi connectivity index (χ1) is 11.7. The van der Waals surface area contributed by atoms with E-state index in [1.807, 2.05) is 48.7 Å². The Morgan fingerprint density at radius 3 is 2.75 bits per heavy atom. The molecule has 1 aromatic carbocycles. The van der Waals surface area contributed by atoms with Gasteiger partial charge in [0.25, 0.3) is 0 Å². The molecule has 1 aromatic heterocycles. The van der Waals surface area contributed by atoms with Crippen LogP contribution in [0.3, 0.4) is 0 Å². The lowest BCUT2D eigenvalue weighted by Crippen LogP contribution is -2.30. The van der Waals surface area contributed by atoms with E-state index in [0.717, 1.165) is 16.2 Å². The van der Waals surface area contributed by atoms with Gasteiger partial charge in [-0.25, -0.2) is 0 Å². The minimum atomic E-state index is -0.140. The van der Waals surface area contributed by atoms with Crippen LogP contribution in [-0.4, -0.2) is 34.5 Å². The third kappa shape index (κ3) is 3.85. The summed E-state index contributed by atoms with van der Waals surface area (Å²) in [4.78, 5) is 15.1. The number of thioether (sulfide) groups is 1. The summed E-state index contributed by atoms with van der Waals surface area (Å²) in [5.41, 5.74) is 1.02. The van der Waals surface area contributed by atoms with E-state index < -0.39 is 0 Å². The molecular weight excluding hydrogens is 342 g/mol. The lowest BCUT2D eigenvalue weighted by molar-refractivity contribution is -0.126. The molecule has 3 rings (SSSR count). The Morgan fingerprint density at radius 2 is 2.08 bits per heavy atom. The molecule has 0 bridgehead atoms. The topological polar surface area (TPSA) is 54.3 Å². The zero-order chi connectivity index (χ0) is 16.9. The molecule has 0 saturated carbocycles. The summed E-state index contributed by atoms with van der Waals surface area (Å²) >= 11 is 3.03. The maximum atomic E-state index is 12.4.